The van der Waals surface area contributed by atoms with Crippen molar-refractivity contribution in [1.29, 1.82) is 0 Å². The second kappa shape index (κ2) is 9.80. The van der Waals surface area contributed by atoms with Crippen LogP contribution in [0.5, 0.6) is 0 Å². The summed E-state index contributed by atoms with van der Waals surface area (Å²) in [7, 11) is 0. The molecule has 24 heavy (non-hydrogen) atoms. The quantitative estimate of drug-likeness (QED) is 0.593. The summed E-state index contributed by atoms with van der Waals surface area (Å²) in [5.74, 6) is 0.395. The maximum Gasteiger partial charge on any atom is 0.410 e. The van der Waals surface area contributed by atoms with Crippen molar-refractivity contribution in [3.05, 3.63) is 35.9 Å². The highest BCUT2D eigenvalue weighted by Crippen LogP contribution is 2.09. The molecule has 0 bridgehead atoms. The zero-order valence-electron chi connectivity index (χ0n) is 15.2. The lowest BCUT2D eigenvalue weighted by Gasteiger charge is -2.26. The summed E-state index contributed by atoms with van der Waals surface area (Å²) in [6.07, 6.45) is 0.536. The highest BCUT2D eigenvalue weighted by molar-refractivity contribution is 5.77. The molecule has 0 heterocycles. The predicted molar refractivity (Wildman–Crippen MR) is 98.1 cm³/mol. The van der Waals surface area contributed by atoms with E-state index in [0.717, 1.165) is 6.42 Å². The average Bonchev–Trinajstić information content (AvgIpc) is 2.51. The minimum absolute atomic E-state index is 0.314. The molecule has 0 aliphatic carbocycles. The smallest absolute Gasteiger partial charge is 0.410 e. The molecule has 134 valence electrons. The van der Waals surface area contributed by atoms with Crippen LogP contribution in [0, 0.1) is 0 Å². The van der Waals surface area contributed by atoms with Crippen molar-refractivity contribution < 1.29 is 9.53 Å². The standard InChI is InChI=1S/C18H30N4O2/c1-5-22(17(23)24-18(2,3)4)14-13-21-16(19)20-12-11-15-9-7-6-8-10-15/h6-10H,5,11-14H2,1-4H3,(H3,19,20,21). The van der Waals surface area contributed by atoms with Crippen LogP contribution in [0.4, 0.5) is 4.79 Å². The molecule has 0 atom stereocenters. The van der Waals surface area contributed by atoms with Crippen LogP contribution < -0.4 is 11.1 Å². The van der Waals surface area contributed by atoms with E-state index in [-0.39, 0.29) is 6.09 Å². The number of amides is 1. The van der Waals surface area contributed by atoms with E-state index in [1.165, 1.54) is 5.56 Å². The number of hydrogen-bond donors (Lipinski definition) is 2. The second-order valence-electron chi connectivity index (χ2n) is 6.49. The van der Waals surface area contributed by atoms with Crippen molar-refractivity contribution >= 4 is 12.1 Å². The molecule has 1 rings (SSSR count). The third kappa shape index (κ3) is 8.41. The van der Waals surface area contributed by atoms with Crippen LogP contribution >= 0.6 is 0 Å². The van der Waals surface area contributed by atoms with E-state index in [0.29, 0.717) is 32.1 Å². The second-order valence-corrected chi connectivity index (χ2v) is 6.49. The first-order valence-corrected chi connectivity index (χ1v) is 8.37. The molecule has 0 aliphatic heterocycles. The van der Waals surface area contributed by atoms with E-state index < -0.39 is 5.60 Å². The molecule has 0 saturated carbocycles. The van der Waals surface area contributed by atoms with E-state index in [2.05, 4.69) is 22.4 Å². The Morgan fingerprint density at radius 1 is 1.29 bits per heavy atom. The molecule has 6 nitrogen and oxygen atoms in total. The van der Waals surface area contributed by atoms with Gasteiger partial charge < -0.3 is 20.7 Å². The SMILES string of the molecule is CCN(CCNC(N)=NCCc1ccccc1)C(=O)OC(C)(C)C. The van der Waals surface area contributed by atoms with Gasteiger partial charge in [0.05, 0.1) is 0 Å². The minimum atomic E-state index is -0.490. The number of carbonyl (C=O) groups is 1. The van der Waals surface area contributed by atoms with Gasteiger partial charge in [-0.15, -0.1) is 0 Å². The summed E-state index contributed by atoms with van der Waals surface area (Å²) in [6.45, 7) is 9.75. The first-order chi connectivity index (χ1) is 11.3. The van der Waals surface area contributed by atoms with Crippen molar-refractivity contribution in [1.82, 2.24) is 10.2 Å². The van der Waals surface area contributed by atoms with E-state index in [9.17, 15) is 4.79 Å². The van der Waals surface area contributed by atoms with Crippen molar-refractivity contribution in [2.24, 2.45) is 10.7 Å². The van der Waals surface area contributed by atoms with Crippen LogP contribution in [0.3, 0.4) is 0 Å². The summed E-state index contributed by atoms with van der Waals surface area (Å²) in [5.41, 5.74) is 6.59. The Bertz CT molecular complexity index is 524. The molecule has 0 spiro atoms. The molecular weight excluding hydrogens is 304 g/mol. The van der Waals surface area contributed by atoms with Gasteiger partial charge in [-0.3, -0.25) is 4.99 Å². The molecule has 0 fully saturated rings. The maximum absolute atomic E-state index is 12.0. The van der Waals surface area contributed by atoms with Crippen LogP contribution in [-0.2, 0) is 11.2 Å². The van der Waals surface area contributed by atoms with Gasteiger partial charge in [0, 0.05) is 26.2 Å². The Morgan fingerprint density at radius 2 is 1.96 bits per heavy atom. The van der Waals surface area contributed by atoms with Crippen LogP contribution in [0.15, 0.2) is 35.3 Å². The Balaban J connectivity index is 2.31. The van der Waals surface area contributed by atoms with Crippen LogP contribution in [0.2, 0.25) is 0 Å². The van der Waals surface area contributed by atoms with E-state index in [4.69, 9.17) is 10.5 Å². The van der Waals surface area contributed by atoms with E-state index in [1.807, 2.05) is 45.9 Å². The normalized spacial score (nSPS) is 11.9. The van der Waals surface area contributed by atoms with Gasteiger partial charge in [-0.1, -0.05) is 30.3 Å². The Labute approximate surface area is 145 Å². The number of aliphatic imine (C=N–C) groups is 1. The first kappa shape index (κ1) is 19.8. The lowest BCUT2D eigenvalue weighted by atomic mass is 10.2. The fourth-order valence-electron chi connectivity index (χ4n) is 2.03. The molecule has 3 N–H and O–H groups in total. The van der Waals surface area contributed by atoms with Gasteiger partial charge in [-0.2, -0.15) is 0 Å². The predicted octanol–water partition coefficient (Wildman–Crippen LogP) is 2.39. The summed E-state index contributed by atoms with van der Waals surface area (Å²) in [5, 5.41) is 3.03. The van der Waals surface area contributed by atoms with Crippen molar-refractivity contribution in [3.8, 4) is 0 Å². The fourth-order valence-corrected chi connectivity index (χ4v) is 2.03. The number of likely N-dealkylation sites (N-methyl/N-ethyl adjacent to an activating group) is 1. The largest absolute Gasteiger partial charge is 0.444 e. The molecule has 1 amide bonds. The fraction of sp³-hybridized carbons (Fsp3) is 0.556. The number of hydrogen-bond acceptors (Lipinski definition) is 3. The van der Waals surface area contributed by atoms with Crippen molar-refractivity contribution in [2.75, 3.05) is 26.2 Å². The van der Waals surface area contributed by atoms with E-state index in [1.54, 1.807) is 4.90 Å². The van der Waals surface area contributed by atoms with Gasteiger partial charge in [0.25, 0.3) is 0 Å². The highest BCUT2D eigenvalue weighted by atomic mass is 16.6. The number of nitrogens with one attached hydrogen (secondary N) is 1. The molecule has 0 unspecified atom stereocenters. The number of benzene rings is 1. The zero-order chi connectivity index (χ0) is 18.0. The highest BCUT2D eigenvalue weighted by Gasteiger charge is 2.20. The number of guanidine groups is 1. The molecule has 1 aromatic carbocycles. The Morgan fingerprint density at radius 3 is 2.54 bits per heavy atom. The number of nitrogens with zero attached hydrogens (tertiary/aromatic N) is 2. The third-order valence-electron chi connectivity index (χ3n) is 3.25. The number of carbonyl (C=O) groups excluding carboxylic acids is 1. The molecule has 1 aromatic rings. The van der Waals surface area contributed by atoms with Crippen molar-refractivity contribution in [2.45, 2.75) is 39.7 Å². The zero-order valence-corrected chi connectivity index (χ0v) is 15.2. The maximum atomic E-state index is 12.0. The third-order valence-corrected chi connectivity index (χ3v) is 3.25. The molecule has 0 radical (unpaired) electrons. The first-order valence-electron chi connectivity index (χ1n) is 8.37. The number of ether oxygens (including phenoxy) is 1. The van der Waals surface area contributed by atoms with E-state index >= 15 is 0 Å². The molecular formula is C18H30N4O2. The van der Waals surface area contributed by atoms with Gasteiger partial charge in [-0.25, -0.2) is 4.79 Å². The van der Waals surface area contributed by atoms with Gasteiger partial charge in [0.2, 0.25) is 0 Å². The monoisotopic (exact) mass is 334 g/mol. The van der Waals surface area contributed by atoms with Gasteiger partial charge in [0.15, 0.2) is 5.96 Å². The van der Waals surface area contributed by atoms with Crippen LogP contribution in [-0.4, -0.2) is 48.7 Å². The number of rotatable bonds is 7. The van der Waals surface area contributed by atoms with Crippen molar-refractivity contribution in [3.63, 3.8) is 0 Å². The summed E-state index contributed by atoms with van der Waals surface area (Å²) < 4.78 is 5.36. The lowest BCUT2D eigenvalue weighted by molar-refractivity contribution is 0.0264. The summed E-state index contributed by atoms with van der Waals surface area (Å²) >= 11 is 0. The summed E-state index contributed by atoms with van der Waals surface area (Å²) in [6, 6.07) is 10.2. The van der Waals surface area contributed by atoms with Crippen LogP contribution in [0.25, 0.3) is 0 Å². The number of nitrogens with two attached hydrogens (primary N) is 1. The average molecular weight is 334 g/mol. The summed E-state index contributed by atoms with van der Waals surface area (Å²) in [4.78, 5) is 17.9. The van der Waals surface area contributed by atoms with Crippen LogP contribution in [0.1, 0.15) is 33.3 Å². The molecule has 0 saturated heterocycles. The topological polar surface area (TPSA) is 80.0 Å². The minimum Gasteiger partial charge on any atom is -0.444 e. The molecule has 0 aliphatic rings. The van der Waals surface area contributed by atoms with Gasteiger partial charge in [0.1, 0.15) is 5.60 Å². The Kier molecular flexibility index (Phi) is 8.09. The lowest BCUT2D eigenvalue weighted by Crippen LogP contribution is -2.42. The Hall–Kier alpha value is -2.24. The van der Waals surface area contributed by atoms with Gasteiger partial charge in [-0.05, 0) is 39.7 Å². The molecule has 0 aromatic heterocycles. The van der Waals surface area contributed by atoms with Gasteiger partial charge >= 0.3 is 6.09 Å². The molecule has 6 heteroatoms.